The number of imidazole rings is 1. The average Bonchev–Trinajstić information content (AvgIpc) is 3.02. The van der Waals surface area contributed by atoms with Crippen molar-refractivity contribution >= 4 is 16.9 Å². The topological polar surface area (TPSA) is 70.9 Å². The van der Waals surface area contributed by atoms with Gasteiger partial charge in [0.1, 0.15) is 0 Å². The highest BCUT2D eigenvalue weighted by Crippen LogP contribution is 2.26. The Balaban J connectivity index is 1.92. The summed E-state index contributed by atoms with van der Waals surface area (Å²) < 4.78 is 1.80. The molecule has 0 saturated heterocycles. The number of benzene rings is 1. The Hall–Kier alpha value is -2.56. The molecule has 3 aromatic rings. The second-order valence-corrected chi connectivity index (χ2v) is 4.39. The standard InChI is InChI=1S/C14H13N3O2/c18-14(19)5-6-17-8-13(16-9-17)11-7-15-12-4-2-1-3-10(11)12/h1-4,7-9,15H,5-6H2,(H,18,19). The number of aliphatic carboxylic acids is 1. The zero-order valence-corrected chi connectivity index (χ0v) is 10.2. The minimum Gasteiger partial charge on any atom is -0.481 e. The number of nitrogens with zero attached hydrogens (tertiary/aromatic N) is 2. The zero-order chi connectivity index (χ0) is 13.2. The van der Waals surface area contributed by atoms with E-state index in [1.54, 1.807) is 10.9 Å². The molecule has 0 spiro atoms. The van der Waals surface area contributed by atoms with Crippen LogP contribution in [0.25, 0.3) is 22.2 Å². The first-order chi connectivity index (χ1) is 9.24. The Morgan fingerprint density at radius 2 is 2.21 bits per heavy atom. The maximum Gasteiger partial charge on any atom is 0.305 e. The van der Waals surface area contributed by atoms with E-state index in [2.05, 4.69) is 9.97 Å². The lowest BCUT2D eigenvalue weighted by molar-refractivity contribution is -0.137. The molecule has 2 heterocycles. The van der Waals surface area contributed by atoms with E-state index in [9.17, 15) is 4.79 Å². The van der Waals surface area contributed by atoms with E-state index in [1.807, 2.05) is 36.7 Å². The third kappa shape index (κ3) is 2.22. The number of para-hydroxylation sites is 1. The van der Waals surface area contributed by atoms with Crippen molar-refractivity contribution in [2.24, 2.45) is 0 Å². The van der Waals surface area contributed by atoms with Crippen molar-refractivity contribution in [2.75, 3.05) is 0 Å². The van der Waals surface area contributed by atoms with Crippen LogP contribution in [0.4, 0.5) is 0 Å². The number of aromatic amines is 1. The fourth-order valence-electron chi connectivity index (χ4n) is 2.13. The van der Waals surface area contributed by atoms with Gasteiger partial charge in [-0.15, -0.1) is 0 Å². The molecule has 0 bridgehead atoms. The number of aromatic nitrogens is 3. The zero-order valence-electron chi connectivity index (χ0n) is 10.2. The lowest BCUT2D eigenvalue weighted by Gasteiger charge is -1.97. The molecule has 0 fully saturated rings. The Bertz CT molecular complexity index is 727. The highest BCUT2D eigenvalue weighted by Gasteiger charge is 2.08. The van der Waals surface area contributed by atoms with Crippen LogP contribution in [-0.2, 0) is 11.3 Å². The smallest absolute Gasteiger partial charge is 0.305 e. The molecule has 1 aromatic carbocycles. The summed E-state index contributed by atoms with van der Waals surface area (Å²) in [5, 5.41) is 9.78. The minimum absolute atomic E-state index is 0.101. The molecular weight excluding hydrogens is 242 g/mol. The predicted octanol–water partition coefficient (Wildman–Crippen LogP) is 2.51. The maximum absolute atomic E-state index is 10.5. The summed E-state index contributed by atoms with van der Waals surface area (Å²) in [6.07, 6.45) is 5.57. The number of carbonyl (C=O) groups is 1. The van der Waals surface area contributed by atoms with E-state index in [0.29, 0.717) is 6.54 Å². The SMILES string of the molecule is O=C(O)CCn1cnc(-c2c[nH]c3ccccc23)c1. The van der Waals surface area contributed by atoms with E-state index in [1.165, 1.54) is 0 Å². The maximum atomic E-state index is 10.5. The van der Waals surface area contributed by atoms with Crippen molar-refractivity contribution in [2.45, 2.75) is 13.0 Å². The van der Waals surface area contributed by atoms with Crippen LogP contribution < -0.4 is 0 Å². The fourth-order valence-corrected chi connectivity index (χ4v) is 2.13. The lowest BCUT2D eigenvalue weighted by atomic mass is 10.1. The van der Waals surface area contributed by atoms with Gasteiger partial charge in [0.25, 0.3) is 0 Å². The average molecular weight is 255 g/mol. The van der Waals surface area contributed by atoms with Crippen LogP contribution in [0.3, 0.4) is 0 Å². The molecule has 0 amide bonds. The van der Waals surface area contributed by atoms with Gasteiger partial charge in [-0.3, -0.25) is 4.79 Å². The van der Waals surface area contributed by atoms with E-state index in [0.717, 1.165) is 22.2 Å². The number of carboxylic acid groups (broad SMARTS) is 1. The predicted molar refractivity (Wildman–Crippen MR) is 71.8 cm³/mol. The Morgan fingerprint density at radius 3 is 3.05 bits per heavy atom. The molecular formula is C14H13N3O2. The number of aryl methyl sites for hydroxylation is 1. The molecule has 0 atom stereocenters. The lowest BCUT2D eigenvalue weighted by Crippen LogP contribution is -2.02. The molecule has 0 aliphatic rings. The molecule has 5 heteroatoms. The molecule has 2 N–H and O–H groups in total. The van der Waals surface area contributed by atoms with Gasteiger partial charge in [0.15, 0.2) is 0 Å². The first kappa shape index (κ1) is 11.5. The molecule has 2 aromatic heterocycles. The molecule has 0 radical (unpaired) electrons. The van der Waals surface area contributed by atoms with Gasteiger partial charge in [0.2, 0.25) is 0 Å². The van der Waals surface area contributed by atoms with Crippen molar-refractivity contribution < 1.29 is 9.90 Å². The molecule has 19 heavy (non-hydrogen) atoms. The number of nitrogens with one attached hydrogen (secondary N) is 1. The molecule has 96 valence electrons. The fraction of sp³-hybridized carbons (Fsp3) is 0.143. The summed E-state index contributed by atoms with van der Waals surface area (Å²) in [6.45, 7) is 0.435. The van der Waals surface area contributed by atoms with Crippen LogP contribution in [0.2, 0.25) is 0 Å². The summed E-state index contributed by atoms with van der Waals surface area (Å²) in [4.78, 5) is 18.1. The van der Waals surface area contributed by atoms with Gasteiger partial charge in [0, 0.05) is 35.4 Å². The summed E-state index contributed by atoms with van der Waals surface area (Å²) >= 11 is 0. The highest BCUT2D eigenvalue weighted by atomic mass is 16.4. The largest absolute Gasteiger partial charge is 0.481 e. The Kier molecular flexibility index (Phi) is 2.79. The normalized spacial score (nSPS) is 10.9. The molecule has 5 nitrogen and oxygen atoms in total. The van der Waals surface area contributed by atoms with Gasteiger partial charge >= 0.3 is 5.97 Å². The number of H-pyrrole nitrogens is 1. The third-order valence-corrected chi connectivity index (χ3v) is 3.08. The summed E-state index contributed by atoms with van der Waals surface area (Å²) in [5.74, 6) is -0.803. The number of hydrogen-bond donors (Lipinski definition) is 2. The molecule has 0 aliphatic carbocycles. The number of carboxylic acids is 1. The number of fused-ring (bicyclic) bond motifs is 1. The molecule has 0 aliphatic heterocycles. The van der Waals surface area contributed by atoms with Gasteiger partial charge in [-0.05, 0) is 6.07 Å². The first-order valence-electron chi connectivity index (χ1n) is 6.04. The first-order valence-corrected chi connectivity index (χ1v) is 6.04. The third-order valence-electron chi connectivity index (χ3n) is 3.08. The summed E-state index contributed by atoms with van der Waals surface area (Å²) in [7, 11) is 0. The van der Waals surface area contributed by atoms with Crippen molar-refractivity contribution in [1.82, 2.24) is 14.5 Å². The van der Waals surface area contributed by atoms with Crippen LogP contribution in [0.1, 0.15) is 6.42 Å². The van der Waals surface area contributed by atoms with Crippen molar-refractivity contribution in [3.63, 3.8) is 0 Å². The van der Waals surface area contributed by atoms with Crippen LogP contribution in [0, 0.1) is 0 Å². The molecule has 3 rings (SSSR count). The number of rotatable bonds is 4. The summed E-state index contributed by atoms with van der Waals surface area (Å²) in [6, 6.07) is 8.02. The van der Waals surface area contributed by atoms with Gasteiger partial charge in [-0.1, -0.05) is 18.2 Å². The van der Waals surface area contributed by atoms with Crippen molar-refractivity contribution in [3.05, 3.63) is 43.0 Å². The van der Waals surface area contributed by atoms with Crippen LogP contribution >= 0.6 is 0 Å². The van der Waals surface area contributed by atoms with Crippen LogP contribution in [-0.4, -0.2) is 25.6 Å². The Morgan fingerprint density at radius 1 is 1.37 bits per heavy atom. The Labute approximate surface area is 109 Å². The second-order valence-electron chi connectivity index (χ2n) is 4.39. The van der Waals surface area contributed by atoms with E-state index in [-0.39, 0.29) is 6.42 Å². The van der Waals surface area contributed by atoms with E-state index in [4.69, 9.17) is 5.11 Å². The summed E-state index contributed by atoms with van der Waals surface area (Å²) in [5.41, 5.74) is 2.95. The quantitative estimate of drug-likeness (QED) is 0.752. The van der Waals surface area contributed by atoms with Gasteiger partial charge in [-0.25, -0.2) is 4.98 Å². The van der Waals surface area contributed by atoms with Crippen molar-refractivity contribution in [3.8, 4) is 11.3 Å². The van der Waals surface area contributed by atoms with Gasteiger partial charge < -0.3 is 14.7 Å². The number of hydrogen-bond acceptors (Lipinski definition) is 2. The van der Waals surface area contributed by atoms with Crippen LogP contribution in [0.15, 0.2) is 43.0 Å². The molecule has 0 unspecified atom stereocenters. The van der Waals surface area contributed by atoms with Gasteiger partial charge in [0.05, 0.1) is 18.4 Å². The van der Waals surface area contributed by atoms with Crippen LogP contribution in [0.5, 0.6) is 0 Å². The van der Waals surface area contributed by atoms with E-state index >= 15 is 0 Å². The van der Waals surface area contributed by atoms with Crippen molar-refractivity contribution in [1.29, 1.82) is 0 Å². The molecule has 0 saturated carbocycles. The van der Waals surface area contributed by atoms with E-state index < -0.39 is 5.97 Å². The highest BCUT2D eigenvalue weighted by molar-refractivity contribution is 5.94. The minimum atomic E-state index is -0.803. The van der Waals surface area contributed by atoms with Gasteiger partial charge in [-0.2, -0.15) is 0 Å². The second kappa shape index (κ2) is 4.61. The monoisotopic (exact) mass is 255 g/mol.